The van der Waals surface area contributed by atoms with Gasteiger partial charge < -0.3 is 0 Å². The third-order valence-electron chi connectivity index (χ3n) is 1.18. The van der Waals surface area contributed by atoms with Crippen molar-refractivity contribution >= 4 is 21.4 Å². The van der Waals surface area contributed by atoms with E-state index >= 15 is 0 Å². The standard InChI is InChI=1S/C6H3N5S2/c1-5-10-11-6(12-5)13(2-7,3-8)4-9/h1H3. The second-order valence-electron chi connectivity index (χ2n) is 1.97. The van der Waals surface area contributed by atoms with Gasteiger partial charge in [-0.3, -0.25) is 0 Å². The van der Waals surface area contributed by atoms with Crippen molar-refractivity contribution in [1.29, 1.82) is 15.8 Å². The van der Waals surface area contributed by atoms with Crippen molar-refractivity contribution in [3.8, 4) is 16.2 Å². The monoisotopic (exact) mass is 209 g/mol. The molecule has 7 heteroatoms. The van der Waals surface area contributed by atoms with Gasteiger partial charge in [-0.2, -0.15) is 15.8 Å². The molecule has 0 aliphatic rings. The SMILES string of the molecule is Cc1nnc(S(C#N)(C#N)C#N)s1. The zero-order chi connectivity index (χ0) is 9.90. The lowest BCUT2D eigenvalue weighted by atomic mass is 10.9. The van der Waals surface area contributed by atoms with E-state index in [-0.39, 0.29) is 4.34 Å². The summed E-state index contributed by atoms with van der Waals surface area (Å²) in [6, 6.07) is 0. The minimum atomic E-state index is -2.71. The van der Waals surface area contributed by atoms with Crippen LogP contribution in [0.25, 0.3) is 0 Å². The molecule has 0 N–H and O–H groups in total. The van der Waals surface area contributed by atoms with Crippen LogP contribution in [0.15, 0.2) is 4.34 Å². The molecule has 0 saturated carbocycles. The van der Waals surface area contributed by atoms with Gasteiger partial charge in [0.05, 0.1) is 10.0 Å². The molecule has 0 aliphatic heterocycles. The largest absolute Gasteiger partial charge is 0.194 e. The Hall–Kier alpha value is -1.62. The quantitative estimate of drug-likeness (QED) is 0.652. The summed E-state index contributed by atoms with van der Waals surface area (Å²) in [6.07, 6.45) is 0. The molecule has 1 heterocycles. The van der Waals surface area contributed by atoms with Crippen molar-refractivity contribution in [2.24, 2.45) is 0 Å². The minimum absolute atomic E-state index is 0.220. The highest BCUT2D eigenvalue weighted by Gasteiger charge is 2.30. The normalized spacial score (nSPS) is 10.9. The van der Waals surface area contributed by atoms with Crippen molar-refractivity contribution in [2.75, 3.05) is 0 Å². The maximum Gasteiger partial charge on any atom is 0.194 e. The maximum atomic E-state index is 8.72. The Morgan fingerprint density at radius 3 is 2.00 bits per heavy atom. The fourth-order valence-corrected chi connectivity index (χ4v) is 2.71. The van der Waals surface area contributed by atoms with Gasteiger partial charge in [0.1, 0.15) is 21.2 Å². The Bertz CT molecular complexity index is 407. The topological polar surface area (TPSA) is 97.2 Å². The summed E-state index contributed by atoms with van der Waals surface area (Å²) in [7, 11) is -2.71. The molecule has 13 heavy (non-hydrogen) atoms. The minimum Gasteiger partial charge on any atom is -0.184 e. The first-order valence-electron chi connectivity index (χ1n) is 3.04. The van der Waals surface area contributed by atoms with Gasteiger partial charge in [0.15, 0.2) is 4.34 Å². The predicted molar refractivity (Wildman–Crippen MR) is 47.3 cm³/mol. The molecular formula is C6H3N5S2. The van der Waals surface area contributed by atoms with Crippen LogP contribution in [0.3, 0.4) is 0 Å². The van der Waals surface area contributed by atoms with E-state index in [2.05, 4.69) is 10.2 Å². The van der Waals surface area contributed by atoms with Gasteiger partial charge in [0.2, 0.25) is 0 Å². The van der Waals surface area contributed by atoms with Gasteiger partial charge in [-0.25, -0.2) is 0 Å². The number of nitrogens with zero attached hydrogens (tertiary/aromatic N) is 5. The van der Waals surface area contributed by atoms with E-state index in [1.165, 1.54) is 0 Å². The van der Waals surface area contributed by atoms with Crippen molar-refractivity contribution in [2.45, 2.75) is 11.3 Å². The third kappa shape index (κ3) is 1.46. The molecule has 0 bridgehead atoms. The van der Waals surface area contributed by atoms with Crippen LogP contribution in [0.2, 0.25) is 0 Å². The highest BCUT2D eigenvalue weighted by Crippen LogP contribution is 2.53. The van der Waals surface area contributed by atoms with Gasteiger partial charge in [-0.05, 0) is 6.92 Å². The third-order valence-corrected chi connectivity index (χ3v) is 4.24. The van der Waals surface area contributed by atoms with Crippen molar-refractivity contribution in [3.05, 3.63) is 5.01 Å². The van der Waals surface area contributed by atoms with Gasteiger partial charge in [0.25, 0.3) is 0 Å². The summed E-state index contributed by atoms with van der Waals surface area (Å²) in [5.74, 6) is 0. The first-order valence-corrected chi connectivity index (χ1v) is 5.49. The van der Waals surface area contributed by atoms with E-state index in [0.29, 0.717) is 5.01 Å². The summed E-state index contributed by atoms with van der Waals surface area (Å²) in [5, 5.41) is 39.2. The Morgan fingerprint density at radius 1 is 1.15 bits per heavy atom. The average molecular weight is 209 g/mol. The molecule has 5 nitrogen and oxygen atoms in total. The van der Waals surface area contributed by atoms with Crippen LogP contribution in [0.5, 0.6) is 0 Å². The van der Waals surface area contributed by atoms with Crippen LogP contribution in [-0.2, 0) is 0 Å². The van der Waals surface area contributed by atoms with Crippen LogP contribution >= 0.6 is 21.4 Å². The van der Waals surface area contributed by atoms with E-state index in [1.54, 1.807) is 23.1 Å². The molecule has 0 fully saturated rings. The summed E-state index contributed by atoms with van der Waals surface area (Å²) in [6.45, 7) is 1.71. The fourth-order valence-electron chi connectivity index (χ4n) is 0.581. The zero-order valence-corrected chi connectivity index (χ0v) is 8.19. The van der Waals surface area contributed by atoms with Crippen molar-refractivity contribution < 1.29 is 0 Å². The second-order valence-corrected chi connectivity index (χ2v) is 5.57. The van der Waals surface area contributed by atoms with Gasteiger partial charge in [0, 0.05) is 0 Å². The second kappa shape index (κ2) is 3.40. The number of thiocyanates is 3. The summed E-state index contributed by atoms with van der Waals surface area (Å²) < 4.78 is 0.220. The first-order chi connectivity index (χ1) is 6.18. The zero-order valence-electron chi connectivity index (χ0n) is 6.55. The number of nitriles is 3. The van der Waals surface area contributed by atoms with Gasteiger partial charge >= 0.3 is 0 Å². The summed E-state index contributed by atoms with van der Waals surface area (Å²) in [5.41, 5.74) is 0. The summed E-state index contributed by atoms with van der Waals surface area (Å²) in [4.78, 5) is 0. The van der Waals surface area contributed by atoms with E-state index in [9.17, 15) is 0 Å². The van der Waals surface area contributed by atoms with Crippen LogP contribution in [-0.4, -0.2) is 10.2 Å². The van der Waals surface area contributed by atoms with Crippen molar-refractivity contribution in [3.63, 3.8) is 0 Å². The first kappa shape index (κ1) is 9.47. The molecule has 0 aromatic carbocycles. The maximum absolute atomic E-state index is 8.72. The molecule has 0 atom stereocenters. The molecule has 0 amide bonds. The van der Waals surface area contributed by atoms with E-state index < -0.39 is 10.0 Å². The Balaban J connectivity index is 3.30. The molecule has 0 saturated heterocycles. The number of aryl methyl sites for hydroxylation is 1. The van der Waals surface area contributed by atoms with E-state index in [0.717, 1.165) is 11.3 Å². The van der Waals surface area contributed by atoms with E-state index in [1.807, 2.05) is 0 Å². The number of rotatable bonds is 1. The molecule has 0 spiro atoms. The van der Waals surface area contributed by atoms with Gasteiger partial charge in [-0.15, -0.1) is 10.2 Å². The number of aromatic nitrogens is 2. The Labute approximate surface area is 80.2 Å². The molecule has 1 aromatic heterocycles. The van der Waals surface area contributed by atoms with Crippen LogP contribution < -0.4 is 0 Å². The molecule has 0 aliphatic carbocycles. The lowest BCUT2D eigenvalue weighted by molar-refractivity contribution is 0.983. The van der Waals surface area contributed by atoms with Crippen molar-refractivity contribution in [1.82, 2.24) is 10.2 Å². The van der Waals surface area contributed by atoms with Crippen LogP contribution in [0.4, 0.5) is 0 Å². The smallest absolute Gasteiger partial charge is 0.184 e. The Kier molecular flexibility index (Phi) is 2.48. The number of hydrogen-bond acceptors (Lipinski definition) is 6. The average Bonchev–Trinajstić information content (AvgIpc) is 2.57. The lowest BCUT2D eigenvalue weighted by Crippen LogP contribution is -1.90. The molecule has 0 unspecified atom stereocenters. The molecule has 64 valence electrons. The van der Waals surface area contributed by atoms with Crippen LogP contribution in [0, 0.1) is 38.9 Å². The summed E-state index contributed by atoms with van der Waals surface area (Å²) >= 11 is 1.12. The number of hydrogen-bond donors (Lipinski definition) is 0. The Morgan fingerprint density at radius 2 is 1.69 bits per heavy atom. The van der Waals surface area contributed by atoms with Gasteiger partial charge in [-0.1, -0.05) is 11.3 Å². The molecule has 1 rings (SSSR count). The lowest BCUT2D eigenvalue weighted by Gasteiger charge is -2.06. The fraction of sp³-hybridized carbons (Fsp3) is 0.167. The highest BCUT2D eigenvalue weighted by molar-refractivity contribution is 8.45. The van der Waals surface area contributed by atoms with E-state index in [4.69, 9.17) is 15.8 Å². The molecule has 0 radical (unpaired) electrons. The molecule has 1 aromatic rings. The molecular weight excluding hydrogens is 206 g/mol. The highest BCUT2D eigenvalue weighted by atomic mass is 32.3. The van der Waals surface area contributed by atoms with Crippen LogP contribution in [0.1, 0.15) is 5.01 Å². The predicted octanol–water partition coefficient (Wildman–Crippen LogP) is 1.45.